The molecule has 0 aromatic heterocycles. The molecule has 2 rings (SSSR count). The summed E-state index contributed by atoms with van der Waals surface area (Å²) in [7, 11) is 19.3. The van der Waals surface area contributed by atoms with Gasteiger partial charge in [-0.2, -0.15) is 8.42 Å². The Labute approximate surface area is 194 Å². The van der Waals surface area contributed by atoms with Crippen molar-refractivity contribution in [3.8, 4) is 0 Å². The van der Waals surface area contributed by atoms with Crippen LogP contribution in [-0.4, -0.2) is 75.3 Å². The van der Waals surface area contributed by atoms with Gasteiger partial charge in [0.2, 0.25) is 0 Å². The molecule has 0 atom stereocenters. The Bertz CT molecular complexity index is 975. The first-order chi connectivity index (χ1) is 15.0. The summed E-state index contributed by atoms with van der Waals surface area (Å²) in [5.41, 5.74) is 1.13. The van der Waals surface area contributed by atoms with Crippen molar-refractivity contribution < 1.29 is 32.0 Å². The first-order valence-corrected chi connectivity index (χ1v) is 11.9. The number of ether oxygens (including phenoxy) is 2. The van der Waals surface area contributed by atoms with Gasteiger partial charge in [-0.3, -0.25) is 4.55 Å². The highest BCUT2D eigenvalue weighted by molar-refractivity contribution is 7.85. The Balaban J connectivity index is 2.57. The van der Waals surface area contributed by atoms with Crippen molar-refractivity contribution >= 4 is 53.4 Å². The van der Waals surface area contributed by atoms with E-state index in [1.807, 2.05) is 6.92 Å². The Morgan fingerprint density at radius 3 is 1.66 bits per heavy atom. The first kappa shape index (κ1) is 26.6. The van der Waals surface area contributed by atoms with Gasteiger partial charge in [0.1, 0.15) is 12.4 Å². The van der Waals surface area contributed by atoms with Gasteiger partial charge < -0.3 is 9.47 Å². The first-order valence-electron chi connectivity index (χ1n) is 10.3. The monoisotopic (exact) mass is 452 g/mol. The van der Waals surface area contributed by atoms with Crippen LogP contribution in [0.1, 0.15) is 69.2 Å². The van der Waals surface area contributed by atoms with Crippen LogP contribution in [0.4, 0.5) is 0 Å². The van der Waals surface area contributed by atoms with E-state index in [2.05, 4.69) is 0 Å². The standard InChI is InChI=1S/C20H24B4O7S/c1-20(3-2-4-20)11-31-19(26)17-15(10-24)13(8-22)12(7-21)14(9-23)16(17)18(25)30-5-6-32(27,28)29/h2-11H2,1H3,(H,27,28,29). The lowest BCUT2D eigenvalue weighted by Gasteiger charge is -2.37. The van der Waals surface area contributed by atoms with Crippen molar-refractivity contribution in [2.24, 2.45) is 5.41 Å². The van der Waals surface area contributed by atoms with E-state index in [1.54, 1.807) is 0 Å². The van der Waals surface area contributed by atoms with Gasteiger partial charge in [-0.1, -0.05) is 49.8 Å². The predicted octanol–water partition coefficient (Wildman–Crippen LogP) is 0.752. The normalized spacial score (nSPS) is 15.1. The highest BCUT2D eigenvalue weighted by Gasteiger charge is 2.35. The molecule has 7 nitrogen and oxygen atoms in total. The Morgan fingerprint density at radius 1 is 0.875 bits per heavy atom. The Hall–Kier alpha value is -1.67. The summed E-state index contributed by atoms with van der Waals surface area (Å²) in [5.74, 6) is -2.57. The molecule has 1 N–H and O–H groups in total. The average molecular weight is 452 g/mol. The molecule has 1 aromatic carbocycles. The third-order valence-electron chi connectivity index (χ3n) is 5.86. The fraction of sp³-hybridized carbons (Fsp3) is 0.600. The number of carbonyl (C=O) groups excluding carboxylic acids is 2. The maximum absolute atomic E-state index is 13.2. The number of hydrogen-bond donors (Lipinski definition) is 1. The maximum Gasteiger partial charge on any atom is 0.339 e. The van der Waals surface area contributed by atoms with Crippen LogP contribution in [0.5, 0.6) is 0 Å². The van der Waals surface area contributed by atoms with Crippen LogP contribution in [0.15, 0.2) is 0 Å². The molecule has 8 radical (unpaired) electrons. The number of rotatable bonds is 11. The van der Waals surface area contributed by atoms with Gasteiger partial charge in [0.05, 0.1) is 49.1 Å². The van der Waals surface area contributed by atoms with E-state index in [0.717, 1.165) is 19.3 Å². The third kappa shape index (κ3) is 6.01. The summed E-state index contributed by atoms with van der Waals surface area (Å²) in [5, 5.41) is 0. The second kappa shape index (κ2) is 11.0. The molecule has 12 heteroatoms. The Morgan fingerprint density at radius 2 is 1.31 bits per heavy atom. The van der Waals surface area contributed by atoms with Gasteiger partial charge >= 0.3 is 11.9 Å². The fourth-order valence-corrected chi connectivity index (χ4v) is 4.20. The molecule has 0 unspecified atom stereocenters. The molecular formula is C20H24B4O7S. The van der Waals surface area contributed by atoms with Gasteiger partial charge in [-0.05, 0) is 24.0 Å². The minimum absolute atomic E-state index is 0.00213. The van der Waals surface area contributed by atoms with E-state index in [9.17, 15) is 18.0 Å². The van der Waals surface area contributed by atoms with Crippen molar-refractivity contribution in [3.05, 3.63) is 33.4 Å². The van der Waals surface area contributed by atoms with Gasteiger partial charge in [-0.15, -0.1) is 0 Å². The molecule has 0 spiro atoms. The topological polar surface area (TPSA) is 107 Å². The molecule has 0 heterocycles. The summed E-state index contributed by atoms with van der Waals surface area (Å²) >= 11 is 0. The second-order valence-electron chi connectivity index (χ2n) is 8.14. The number of carbonyl (C=O) groups is 2. The lowest BCUT2D eigenvalue weighted by atomic mass is 9.71. The van der Waals surface area contributed by atoms with Crippen molar-refractivity contribution in [1.29, 1.82) is 0 Å². The van der Waals surface area contributed by atoms with Gasteiger partial charge in [0.15, 0.2) is 0 Å². The largest absolute Gasteiger partial charge is 0.461 e. The molecule has 0 aliphatic heterocycles. The molecule has 1 aliphatic carbocycles. The van der Waals surface area contributed by atoms with Crippen LogP contribution in [0.3, 0.4) is 0 Å². The highest BCUT2D eigenvalue weighted by Crippen LogP contribution is 2.41. The lowest BCUT2D eigenvalue weighted by Crippen LogP contribution is -2.33. The summed E-state index contributed by atoms with van der Waals surface area (Å²) in [6, 6.07) is 0. The number of esters is 2. The van der Waals surface area contributed by atoms with Crippen LogP contribution in [0, 0.1) is 5.41 Å². The summed E-state index contributed by atoms with van der Waals surface area (Å²) < 4.78 is 41.4. The van der Waals surface area contributed by atoms with Gasteiger partial charge in [-0.25, -0.2) is 9.59 Å². The molecule has 0 saturated heterocycles. The summed E-state index contributed by atoms with van der Waals surface area (Å²) in [4.78, 5) is 26.1. The van der Waals surface area contributed by atoms with E-state index in [4.69, 9.17) is 45.4 Å². The summed E-state index contributed by atoms with van der Waals surface area (Å²) in [6.45, 7) is 1.55. The molecule has 1 saturated carbocycles. The van der Waals surface area contributed by atoms with E-state index in [0.29, 0.717) is 16.7 Å². The smallest absolute Gasteiger partial charge is 0.339 e. The predicted molar refractivity (Wildman–Crippen MR) is 123 cm³/mol. The van der Waals surface area contributed by atoms with E-state index < -0.39 is 34.4 Å². The zero-order chi connectivity index (χ0) is 24.1. The number of benzene rings is 1. The quantitative estimate of drug-likeness (QED) is 0.300. The Kier molecular flexibility index (Phi) is 9.11. The van der Waals surface area contributed by atoms with Crippen molar-refractivity contribution in [2.75, 3.05) is 19.0 Å². The zero-order valence-corrected chi connectivity index (χ0v) is 19.0. The van der Waals surface area contributed by atoms with Crippen LogP contribution in [0.2, 0.25) is 0 Å². The molecular weight excluding hydrogens is 428 g/mol. The van der Waals surface area contributed by atoms with E-state index in [-0.39, 0.29) is 54.0 Å². The summed E-state index contributed by atoms with van der Waals surface area (Å²) in [6.07, 6.45) is 2.58. The van der Waals surface area contributed by atoms with Gasteiger partial charge in [0.25, 0.3) is 10.1 Å². The average Bonchev–Trinajstić information content (AvgIpc) is 2.72. The fourth-order valence-electron chi connectivity index (χ4n) is 3.91. The third-order valence-corrected chi connectivity index (χ3v) is 6.54. The minimum atomic E-state index is -4.35. The second-order valence-corrected chi connectivity index (χ2v) is 9.72. The SMILES string of the molecule is [B]Cc1c(C[B])c(C[B])c(C(=O)OCC2(C)CCC2)c(C(=O)OCCS(=O)(=O)O)c1C[B]. The minimum Gasteiger partial charge on any atom is -0.461 e. The molecule has 0 amide bonds. The molecule has 1 aromatic rings. The lowest BCUT2D eigenvalue weighted by molar-refractivity contribution is 0.00969. The van der Waals surface area contributed by atoms with Gasteiger partial charge in [0, 0.05) is 5.41 Å². The van der Waals surface area contributed by atoms with Crippen LogP contribution >= 0.6 is 0 Å². The van der Waals surface area contributed by atoms with E-state index in [1.165, 1.54) is 0 Å². The van der Waals surface area contributed by atoms with Crippen LogP contribution in [-0.2, 0) is 44.9 Å². The van der Waals surface area contributed by atoms with Crippen molar-refractivity contribution in [1.82, 2.24) is 0 Å². The zero-order valence-electron chi connectivity index (χ0n) is 18.2. The highest BCUT2D eigenvalue weighted by atomic mass is 32.2. The maximum atomic E-state index is 13.2. The number of hydrogen-bond acceptors (Lipinski definition) is 6. The van der Waals surface area contributed by atoms with Crippen LogP contribution in [0.25, 0.3) is 0 Å². The van der Waals surface area contributed by atoms with E-state index >= 15 is 0 Å². The van der Waals surface area contributed by atoms with Crippen LogP contribution < -0.4 is 0 Å². The van der Waals surface area contributed by atoms with Crippen molar-refractivity contribution in [2.45, 2.75) is 51.5 Å². The molecule has 0 bridgehead atoms. The van der Waals surface area contributed by atoms with Crippen molar-refractivity contribution in [3.63, 3.8) is 0 Å². The molecule has 32 heavy (non-hydrogen) atoms. The molecule has 1 fully saturated rings. The molecule has 1 aliphatic rings. The molecule has 164 valence electrons.